The minimum Gasteiger partial charge on any atom is -0.376 e. The Kier molecular flexibility index (Phi) is 6.05. The second-order valence-electron chi connectivity index (χ2n) is 5.92. The van der Waals surface area contributed by atoms with Gasteiger partial charge in [-0.25, -0.2) is 0 Å². The molecule has 2 rings (SSSR count). The van der Waals surface area contributed by atoms with Crippen molar-refractivity contribution in [3.05, 3.63) is 64.2 Å². The maximum absolute atomic E-state index is 12.1. The van der Waals surface area contributed by atoms with Crippen molar-refractivity contribution >= 4 is 23.2 Å². The summed E-state index contributed by atoms with van der Waals surface area (Å²) >= 11 is 6.09. The zero-order valence-electron chi connectivity index (χ0n) is 13.8. The molecule has 0 aliphatic rings. The highest BCUT2D eigenvalue weighted by Gasteiger charge is 2.10. The first kappa shape index (κ1) is 17.4. The molecule has 0 aliphatic carbocycles. The van der Waals surface area contributed by atoms with E-state index in [9.17, 15) is 4.79 Å². The number of rotatable bonds is 6. The Bertz CT molecular complexity index is 683. The number of nitrogens with one attached hydrogen (secondary N) is 2. The van der Waals surface area contributed by atoms with Crippen LogP contribution in [0.15, 0.2) is 42.5 Å². The number of carbonyl (C=O) groups excluding carboxylic acids is 1. The van der Waals surface area contributed by atoms with Crippen LogP contribution >= 0.6 is 11.6 Å². The Balaban J connectivity index is 1.94. The van der Waals surface area contributed by atoms with Gasteiger partial charge in [0.1, 0.15) is 0 Å². The van der Waals surface area contributed by atoms with Crippen LogP contribution in [0.2, 0.25) is 5.02 Å². The van der Waals surface area contributed by atoms with Crippen LogP contribution in [0.3, 0.4) is 0 Å². The molecule has 2 aromatic rings. The number of anilines is 1. The third-order valence-corrected chi connectivity index (χ3v) is 4.16. The van der Waals surface area contributed by atoms with Crippen molar-refractivity contribution in [2.24, 2.45) is 0 Å². The smallest absolute Gasteiger partial charge is 0.239 e. The molecular weight excluding hydrogens is 308 g/mol. The number of benzene rings is 2. The molecular formula is C19H23ClN2O. The first-order valence-electron chi connectivity index (χ1n) is 7.82. The molecule has 4 heteroatoms. The lowest BCUT2D eigenvalue weighted by atomic mass is 9.98. The third-order valence-electron chi connectivity index (χ3n) is 3.79. The van der Waals surface area contributed by atoms with Crippen molar-refractivity contribution in [1.29, 1.82) is 0 Å². The van der Waals surface area contributed by atoms with Crippen LogP contribution in [0.4, 0.5) is 5.69 Å². The van der Waals surface area contributed by atoms with Crippen molar-refractivity contribution in [3.8, 4) is 0 Å². The van der Waals surface area contributed by atoms with Crippen LogP contribution < -0.4 is 10.6 Å². The van der Waals surface area contributed by atoms with Gasteiger partial charge in [0, 0.05) is 17.3 Å². The van der Waals surface area contributed by atoms with E-state index in [1.165, 1.54) is 5.56 Å². The molecule has 1 amide bonds. The molecule has 0 saturated carbocycles. The van der Waals surface area contributed by atoms with E-state index in [0.717, 1.165) is 16.8 Å². The van der Waals surface area contributed by atoms with Crippen molar-refractivity contribution in [2.45, 2.75) is 33.2 Å². The molecule has 0 aliphatic heterocycles. The normalized spacial score (nSPS) is 10.7. The van der Waals surface area contributed by atoms with Crippen LogP contribution in [0.25, 0.3) is 0 Å². The molecule has 0 aromatic heterocycles. The molecule has 0 bridgehead atoms. The summed E-state index contributed by atoms with van der Waals surface area (Å²) in [5.74, 6) is 0.353. The van der Waals surface area contributed by atoms with Gasteiger partial charge in [0.2, 0.25) is 5.91 Å². The van der Waals surface area contributed by atoms with Gasteiger partial charge in [-0.05, 0) is 35.6 Å². The van der Waals surface area contributed by atoms with E-state index >= 15 is 0 Å². The molecule has 122 valence electrons. The SMILES string of the molecule is Cc1cccc(C(C)C)c1NCC(=O)NCc1ccccc1Cl. The van der Waals surface area contributed by atoms with Gasteiger partial charge in [-0.15, -0.1) is 0 Å². The standard InChI is InChI=1S/C19H23ClN2O/c1-13(2)16-9-6-7-14(3)19(16)22-12-18(23)21-11-15-8-4-5-10-17(15)20/h4-10,13,22H,11-12H2,1-3H3,(H,21,23). The summed E-state index contributed by atoms with van der Waals surface area (Å²) in [6.07, 6.45) is 0. The zero-order chi connectivity index (χ0) is 16.8. The fraction of sp³-hybridized carbons (Fsp3) is 0.316. The molecule has 0 radical (unpaired) electrons. The van der Waals surface area contributed by atoms with Crippen molar-refractivity contribution in [2.75, 3.05) is 11.9 Å². The fourth-order valence-electron chi connectivity index (χ4n) is 2.48. The van der Waals surface area contributed by atoms with E-state index in [1.807, 2.05) is 30.3 Å². The summed E-state index contributed by atoms with van der Waals surface area (Å²) in [5.41, 5.74) is 4.34. The Morgan fingerprint density at radius 1 is 1.13 bits per heavy atom. The van der Waals surface area contributed by atoms with Gasteiger partial charge in [0.05, 0.1) is 6.54 Å². The van der Waals surface area contributed by atoms with Gasteiger partial charge < -0.3 is 10.6 Å². The summed E-state index contributed by atoms with van der Waals surface area (Å²) in [6.45, 7) is 7.03. The second kappa shape index (κ2) is 8.02. The van der Waals surface area contributed by atoms with Gasteiger partial charge in [-0.1, -0.05) is 61.8 Å². The number of amides is 1. The highest BCUT2D eigenvalue weighted by molar-refractivity contribution is 6.31. The zero-order valence-corrected chi connectivity index (χ0v) is 14.6. The van der Waals surface area contributed by atoms with E-state index in [2.05, 4.69) is 43.5 Å². The Morgan fingerprint density at radius 3 is 2.57 bits per heavy atom. The summed E-state index contributed by atoms with van der Waals surface area (Å²) in [7, 11) is 0. The number of carbonyl (C=O) groups is 1. The largest absolute Gasteiger partial charge is 0.376 e. The van der Waals surface area contributed by atoms with E-state index in [4.69, 9.17) is 11.6 Å². The molecule has 0 fully saturated rings. The van der Waals surface area contributed by atoms with Crippen molar-refractivity contribution in [3.63, 3.8) is 0 Å². The Hall–Kier alpha value is -2.00. The predicted octanol–water partition coefficient (Wildman–Crippen LogP) is 4.50. The van der Waals surface area contributed by atoms with Gasteiger partial charge in [-0.2, -0.15) is 0 Å². The molecule has 0 spiro atoms. The Morgan fingerprint density at radius 2 is 1.87 bits per heavy atom. The lowest BCUT2D eigenvalue weighted by Gasteiger charge is -2.17. The first-order valence-corrected chi connectivity index (χ1v) is 8.20. The fourth-order valence-corrected chi connectivity index (χ4v) is 2.68. The highest BCUT2D eigenvalue weighted by atomic mass is 35.5. The van der Waals surface area contributed by atoms with Gasteiger partial charge in [-0.3, -0.25) is 4.79 Å². The summed E-state index contributed by atoms with van der Waals surface area (Å²) in [5, 5.41) is 6.83. The number of hydrogen-bond donors (Lipinski definition) is 2. The van der Waals surface area contributed by atoms with E-state index in [0.29, 0.717) is 17.5 Å². The molecule has 0 unspecified atom stereocenters. The maximum Gasteiger partial charge on any atom is 0.239 e. The highest BCUT2D eigenvalue weighted by Crippen LogP contribution is 2.27. The average Bonchev–Trinajstić information content (AvgIpc) is 2.52. The predicted molar refractivity (Wildman–Crippen MR) is 97.1 cm³/mol. The molecule has 3 nitrogen and oxygen atoms in total. The van der Waals surface area contributed by atoms with E-state index in [1.54, 1.807) is 0 Å². The van der Waals surface area contributed by atoms with Crippen molar-refractivity contribution < 1.29 is 4.79 Å². The lowest BCUT2D eigenvalue weighted by Crippen LogP contribution is -2.29. The number of halogens is 1. The molecule has 0 saturated heterocycles. The van der Waals surface area contributed by atoms with Crippen LogP contribution in [-0.2, 0) is 11.3 Å². The van der Waals surface area contributed by atoms with Crippen LogP contribution in [-0.4, -0.2) is 12.5 Å². The van der Waals surface area contributed by atoms with Crippen molar-refractivity contribution in [1.82, 2.24) is 5.32 Å². The van der Waals surface area contributed by atoms with Gasteiger partial charge in [0.15, 0.2) is 0 Å². The second-order valence-corrected chi connectivity index (χ2v) is 6.32. The number of hydrogen-bond acceptors (Lipinski definition) is 2. The average molecular weight is 331 g/mol. The molecule has 2 aromatic carbocycles. The van der Waals surface area contributed by atoms with E-state index in [-0.39, 0.29) is 12.5 Å². The van der Waals surface area contributed by atoms with Crippen LogP contribution in [0, 0.1) is 6.92 Å². The molecule has 0 heterocycles. The topological polar surface area (TPSA) is 41.1 Å². The number of aryl methyl sites for hydroxylation is 1. The van der Waals surface area contributed by atoms with Crippen LogP contribution in [0.5, 0.6) is 0 Å². The van der Waals surface area contributed by atoms with E-state index < -0.39 is 0 Å². The summed E-state index contributed by atoms with van der Waals surface area (Å²) < 4.78 is 0. The number of para-hydroxylation sites is 1. The minimum atomic E-state index is -0.0529. The van der Waals surface area contributed by atoms with Gasteiger partial charge in [0.25, 0.3) is 0 Å². The minimum absolute atomic E-state index is 0.0529. The van der Waals surface area contributed by atoms with Crippen LogP contribution in [0.1, 0.15) is 36.5 Å². The Labute approximate surface area is 143 Å². The van der Waals surface area contributed by atoms with Gasteiger partial charge >= 0.3 is 0 Å². The molecule has 0 atom stereocenters. The lowest BCUT2D eigenvalue weighted by molar-refractivity contribution is -0.119. The monoisotopic (exact) mass is 330 g/mol. The summed E-state index contributed by atoms with van der Waals surface area (Å²) in [6, 6.07) is 13.7. The quantitative estimate of drug-likeness (QED) is 0.818. The maximum atomic E-state index is 12.1. The summed E-state index contributed by atoms with van der Waals surface area (Å²) in [4.78, 5) is 12.1. The third kappa shape index (κ3) is 4.73. The molecule has 2 N–H and O–H groups in total. The molecule has 23 heavy (non-hydrogen) atoms. The first-order chi connectivity index (χ1) is 11.0.